The zero-order valence-corrected chi connectivity index (χ0v) is 11.7. The second-order valence-corrected chi connectivity index (χ2v) is 5.47. The summed E-state index contributed by atoms with van der Waals surface area (Å²) in [5.74, 6) is -1.04. The van der Waals surface area contributed by atoms with Crippen LogP contribution in [0.4, 0.5) is 8.78 Å². The lowest BCUT2D eigenvalue weighted by Crippen LogP contribution is -2.01. The predicted octanol–water partition coefficient (Wildman–Crippen LogP) is 5.30. The highest BCUT2D eigenvalue weighted by Crippen LogP contribution is 2.29. The van der Waals surface area contributed by atoms with Crippen molar-refractivity contribution in [3.05, 3.63) is 70.2 Å². The Balaban J connectivity index is 2.21. The first kappa shape index (κ1) is 13.5. The molecule has 0 nitrogen and oxygen atoms in total. The summed E-state index contributed by atoms with van der Waals surface area (Å²) in [5, 5.41) is 0.635. The maximum Gasteiger partial charge on any atom is 0.129 e. The lowest BCUT2D eigenvalue weighted by Gasteiger charge is -2.11. The van der Waals surface area contributed by atoms with E-state index in [-0.39, 0.29) is 16.8 Å². The number of hydrogen-bond acceptors (Lipinski definition) is 0. The van der Waals surface area contributed by atoms with Crippen LogP contribution in [0.5, 0.6) is 0 Å². The van der Waals surface area contributed by atoms with Gasteiger partial charge in [0.1, 0.15) is 11.6 Å². The molecule has 2 aromatic rings. The van der Waals surface area contributed by atoms with Crippen molar-refractivity contribution in [1.29, 1.82) is 0 Å². The second-order valence-electron chi connectivity index (χ2n) is 3.92. The smallest absolute Gasteiger partial charge is 0.129 e. The van der Waals surface area contributed by atoms with Crippen molar-refractivity contribution in [3.63, 3.8) is 0 Å². The molecule has 18 heavy (non-hydrogen) atoms. The average molecular weight is 332 g/mol. The quantitative estimate of drug-likeness (QED) is 0.670. The highest BCUT2D eigenvalue weighted by Gasteiger charge is 2.15. The first-order valence-electron chi connectivity index (χ1n) is 5.40. The van der Waals surface area contributed by atoms with Gasteiger partial charge in [0.25, 0.3) is 0 Å². The fourth-order valence-corrected chi connectivity index (χ4v) is 2.45. The summed E-state index contributed by atoms with van der Waals surface area (Å²) >= 11 is 9.23. The molecule has 1 unspecified atom stereocenters. The van der Waals surface area contributed by atoms with E-state index < -0.39 is 11.6 Å². The topological polar surface area (TPSA) is 0 Å². The van der Waals surface area contributed by atoms with Gasteiger partial charge in [0.2, 0.25) is 0 Å². The normalized spacial score (nSPS) is 12.4. The van der Waals surface area contributed by atoms with Crippen LogP contribution < -0.4 is 0 Å². The first-order chi connectivity index (χ1) is 8.58. The van der Waals surface area contributed by atoms with Crippen molar-refractivity contribution in [2.75, 3.05) is 0 Å². The Hall–Kier alpha value is -0.930. The minimum atomic E-state index is -0.520. The molecule has 0 amide bonds. The van der Waals surface area contributed by atoms with Gasteiger partial charge in [0.05, 0.1) is 0 Å². The van der Waals surface area contributed by atoms with Gasteiger partial charge < -0.3 is 0 Å². The van der Waals surface area contributed by atoms with Crippen LogP contribution in [0.3, 0.4) is 0 Å². The van der Waals surface area contributed by atoms with E-state index in [1.807, 2.05) is 12.1 Å². The van der Waals surface area contributed by atoms with Crippen LogP contribution in [-0.2, 0) is 6.42 Å². The van der Waals surface area contributed by atoms with E-state index in [1.165, 1.54) is 18.2 Å². The molecule has 0 aliphatic heterocycles. The van der Waals surface area contributed by atoms with E-state index in [2.05, 4.69) is 15.9 Å². The third kappa shape index (κ3) is 3.09. The SMILES string of the molecule is Fc1cccc(F)c1CC(Br)c1ccc(Cl)cc1. The molecule has 0 radical (unpaired) electrons. The number of benzene rings is 2. The van der Waals surface area contributed by atoms with Crippen LogP contribution in [0.15, 0.2) is 42.5 Å². The molecule has 0 spiro atoms. The zero-order valence-electron chi connectivity index (χ0n) is 9.34. The van der Waals surface area contributed by atoms with Gasteiger partial charge in [0, 0.05) is 15.4 Å². The van der Waals surface area contributed by atoms with Gasteiger partial charge in [-0.05, 0) is 36.2 Å². The third-order valence-corrected chi connectivity index (χ3v) is 3.78. The molecule has 0 N–H and O–H groups in total. The summed E-state index contributed by atoms with van der Waals surface area (Å²) in [6.07, 6.45) is 0.250. The molecule has 94 valence electrons. The molecule has 0 fully saturated rings. The van der Waals surface area contributed by atoms with E-state index in [0.717, 1.165) is 5.56 Å². The minimum absolute atomic E-state index is 0.0920. The van der Waals surface area contributed by atoms with Crippen molar-refractivity contribution in [1.82, 2.24) is 0 Å². The van der Waals surface area contributed by atoms with Gasteiger partial charge in [-0.15, -0.1) is 0 Å². The largest absolute Gasteiger partial charge is 0.207 e. The van der Waals surface area contributed by atoms with Crippen LogP contribution in [0.25, 0.3) is 0 Å². The fourth-order valence-electron chi connectivity index (χ4n) is 1.70. The summed E-state index contributed by atoms with van der Waals surface area (Å²) in [7, 11) is 0. The Bertz CT molecular complexity index is 520. The molecule has 2 aromatic carbocycles. The highest BCUT2D eigenvalue weighted by molar-refractivity contribution is 9.09. The van der Waals surface area contributed by atoms with E-state index in [0.29, 0.717) is 5.02 Å². The van der Waals surface area contributed by atoms with Crippen LogP contribution in [0.1, 0.15) is 16.0 Å². The van der Waals surface area contributed by atoms with Gasteiger partial charge in [-0.3, -0.25) is 0 Å². The van der Waals surface area contributed by atoms with Gasteiger partial charge in [0.15, 0.2) is 0 Å². The first-order valence-corrected chi connectivity index (χ1v) is 6.69. The maximum absolute atomic E-state index is 13.5. The molecular formula is C14H10BrClF2. The second kappa shape index (κ2) is 5.81. The van der Waals surface area contributed by atoms with E-state index in [1.54, 1.807) is 12.1 Å². The monoisotopic (exact) mass is 330 g/mol. The molecule has 0 aliphatic carbocycles. The van der Waals surface area contributed by atoms with Crippen molar-refractivity contribution in [2.45, 2.75) is 11.2 Å². The van der Waals surface area contributed by atoms with Crippen LogP contribution >= 0.6 is 27.5 Å². The van der Waals surface area contributed by atoms with Crippen molar-refractivity contribution >= 4 is 27.5 Å². The van der Waals surface area contributed by atoms with Gasteiger partial charge in [-0.2, -0.15) is 0 Å². The van der Waals surface area contributed by atoms with Crippen LogP contribution in [0, 0.1) is 11.6 Å². The van der Waals surface area contributed by atoms with Gasteiger partial charge >= 0.3 is 0 Å². The average Bonchev–Trinajstić information content (AvgIpc) is 2.34. The number of halogens is 4. The molecule has 0 saturated heterocycles. The Kier molecular flexibility index (Phi) is 4.36. The molecule has 0 bridgehead atoms. The van der Waals surface area contributed by atoms with E-state index in [4.69, 9.17) is 11.6 Å². The Labute approximate surface area is 118 Å². The Morgan fingerprint density at radius 1 is 1.00 bits per heavy atom. The van der Waals surface area contributed by atoms with Crippen LogP contribution in [-0.4, -0.2) is 0 Å². The fraction of sp³-hybridized carbons (Fsp3) is 0.143. The molecule has 1 atom stereocenters. The predicted molar refractivity (Wildman–Crippen MR) is 73.2 cm³/mol. The zero-order chi connectivity index (χ0) is 13.1. The summed E-state index contributed by atoms with van der Waals surface area (Å²) in [6.45, 7) is 0. The number of rotatable bonds is 3. The lowest BCUT2D eigenvalue weighted by molar-refractivity contribution is 0.554. The third-order valence-electron chi connectivity index (χ3n) is 2.68. The molecule has 0 aromatic heterocycles. The molecular weight excluding hydrogens is 322 g/mol. The summed E-state index contributed by atoms with van der Waals surface area (Å²) < 4.78 is 27.0. The molecule has 4 heteroatoms. The van der Waals surface area contributed by atoms with Gasteiger partial charge in [-0.25, -0.2) is 8.78 Å². The number of hydrogen-bond donors (Lipinski definition) is 0. The van der Waals surface area contributed by atoms with Crippen molar-refractivity contribution in [3.8, 4) is 0 Å². The summed E-state index contributed by atoms with van der Waals surface area (Å²) in [6, 6.07) is 11.1. The van der Waals surface area contributed by atoms with E-state index >= 15 is 0 Å². The maximum atomic E-state index is 13.5. The van der Waals surface area contributed by atoms with Crippen molar-refractivity contribution in [2.24, 2.45) is 0 Å². The van der Waals surface area contributed by atoms with Gasteiger partial charge in [-0.1, -0.05) is 45.7 Å². The minimum Gasteiger partial charge on any atom is -0.207 e. The highest BCUT2D eigenvalue weighted by atomic mass is 79.9. The van der Waals surface area contributed by atoms with Crippen molar-refractivity contribution < 1.29 is 8.78 Å². The summed E-state index contributed by atoms with van der Waals surface area (Å²) in [5.41, 5.74) is 1.02. The number of alkyl halides is 1. The summed E-state index contributed by atoms with van der Waals surface area (Å²) in [4.78, 5) is -0.152. The van der Waals surface area contributed by atoms with Crippen LogP contribution in [0.2, 0.25) is 5.02 Å². The molecule has 0 saturated carbocycles. The Morgan fingerprint density at radius 3 is 2.11 bits per heavy atom. The molecule has 0 heterocycles. The Morgan fingerprint density at radius 2 is 1.56 bits per heavy atom. The standard InChI is InChI=1S/C14H10BrClF2/c15-12(9-4-6-10(16)7-5-9)8-11-13(17)2-1-3-14(11)18/h1-7,12H,8H2. The molecule has 0 aliphatic rings. The molecule has 2 rings (SSSR count). The van der Waals surface area contributed by atoms with E-state index in [9.17, 15) is 8.78 Å². The lowest BCUT2D eigenvalue weighted by atomic mass is 10.0.